The average Bonchev–Trinajstić information content (AvgIpc) is 2.42. The fourth-order valence-corrected chi connectivity index (χ4v) is 4.35. The highest BCUT2D eigenvalue weighted by molar-refractivity contribution is 7.88. The van der Waals surface area contributed by atoms with E-state index in [-0.39, 0.29) is 0 Å². The fourth-order valence-electron chi connectivity index (χ4n) is 3.41. The van der Waals surface area contributed by atoms with Crippen LogP contribution in [0.2, 0.25) is 0 Å². The molecule has 1 unspecified atom stereocenters. The summed E-state index contributed by atoms with van der Waals surface area (Å²) in [6, 6.07) is 0. The number of hydrogen-bond acceptors (Lipinski definition) is 4. The van der Waals surface area contributed by atoms with E-state index in [2.05, 4.69) is 24.2 Å². The predicted molar refractivity (Wildman–Crippen MR) is 86.8 cm³/mol. The molecular weight excluding hydrogens is 286 g/mol. The molecular formula is C15H31N3O2S. The van der Waals surface area contributed by atoms with Gasteiger partial charge in [0.25, 0.3) is 0 Å². The van der Waals surface area contributed by atoms with Gasteiger partial charge in [-0.15, -0.1) is 0 Å². The minimum atomic E-state index is -3.02. The van der Waals surface area contributed by atoms with E-state index in [1.807, 2.05) is 0 Å². The van der Waals surface area contributed by atoms with Gasteiger partial charge < -0.3 is 10.2 Å². The zero-order chi connectivity index (χ0) is 15.5. The maximum atomic E-state index is 11.6. The van der Waals surface area contributed by atoms with Crippen LogP contribution in [-0.2, 0) is 10.0 Å². The number of piperidine rings is 2. The Labute approximate surface area is 130 Å². The lowest BCUT2D eigenvalue weighted by molar-refractivity contribution is 0.133. The first kappa shape index (κ1) is 17.2. The van der Waals surface area contributed by atoms with Crippen molar-refractivity contribution >= 4 is 10.0 Å². The van der Waals surface area contributed by atoms with Gasteiger partial charge in [0.05, 0.1) is 6.26 Å². The Morgan fingerprint density at radius 3 is 2.52 bits per heavy atom. The SMILES string of the molecule is CN1CCC(C)(CNCC2CCCN(S(C)(=O)=O)C2)CC1. The van der Waals surface area contributed by atoms with Crippen molar-refractivity contribution in [1.82, 2.24) is 14.5 Å². The van der Waals surface area contributed by atoms with E-state index in [9.17, 15) is 8.42 Å². The zero-order valence-corrected chi connectivity index (χ0v) is 14.6. The number of nitrogens with zero attached hydrogens (tertiary/aromatic N) is 2. The van der Waals surface area contributed by atoms with E-state index in [1.54, 1.807) is 4.31 Å². The van der Waals surface area contributed by atoms with Crippen LogP contribution in [-0.4, -0.2) is 70.2 Å². The third kappa shape index (κ3) is 5.20. The molecule has 2 saturated heterocycles. The number of rotatable bonds is 5. The van der Waals surface area contributed by atoms with Crippen LogP contribution in [0, 0.1) is 11.3 Å². The third-order valence-electron chi connectivity index (χ3n) is 5.13. The van der Waals surface area contributed by atoms with Crippen LogP contribution in [0.25, 0.3) is 0 Å². The summed E-state index contributed by atoms with van der Waals surface area (Å²) < 4.78 is 24.9. The molecule has 21 heavy (non-hydrogen) atoms. The molecule has 5 nitrogen and oxygen atoms in total. The molecule has 0 radical (unpaired) electrons. The second kappa shape index (κ2) is 6.94. The highest BCUT2D eigenvalue weighted by Gasteiger charge is 2.29. The molecule has 2 rings (SSSR count). The lowest BCUT2D eigenvalue weighted by Crippen LogP contribution is -2.45. The van der Waals surface area contributed by atoms with E-state index in [0.717, 1.165) is 25.9 Å². The van der Waals surface area contributed by atoms with Crippen molar-refractivity contribution in [1.29, 1.82) is 0 Å². The molecule has 2 aliphatic heterocycles. The van der Waals surface area contributed by atoms with Crippen LogP contribution >= 0.6 is 0 Å². The second-order valence-corrected chi connectivity index (χ2v) is 9.36. The summed E-state index contributed by atoms with van der Waals surface area (Å²) >= 11 is 0. The van der Waals surface area contributed by atoms with E-state index in [4.69, 9.17) is 0 Å². The first-order valence-corrected chi connectivity index (χ1v) is 9.98. The Morgan fingerprint density at radius 1 is 1.24 bits per heavy atom. The molecule has 1 atom stereocenters. The molecule has 0 saturated carbocycles. The van der Waals surface area contributed by atoms with Gasteiger partial charge in [0.2, 0.25) is 10.0 Å². The Hall–Kier alpha value is -0.170. The van der Waals surface area contributed by atoms with Crippen LogP contribution in [0.5, 0.6) is 0 Å². The van der Waals surface area contributed by atoms with Crippen LogP contribution < -0.4 is 5.32 Å². The number of sulfonamides is 1. The summed E-state index contributed by atoms with van der Waals surface area (Å²) in [5, 5.41) is 3.61. The Bertz CT molecular complexity index is 430. The van der Waals surface area contributed by atoms with Crippen LogP contribution in [0.1, 0.15) is 32.6 Å². The minimum absolute atomic E-state index is 0.400. The Morgan fingerprint density at radius 2 is 1.90 bits per heavy atom. The number of nitrogens with one attached hydrogen (secondary N) is 1. The van der Waals surface area contributed by atoms with Crippen molar-refractivity contribution in [2.45, 2.75) is 32.6 Å². The van der Waals surface area contributed by atoms with E-state index in [1.165, 1.54) is 32.2 Å². The maximum Gasteiger partial charge on any atom is 0.211 e. The monoisotopic (exact) mass is 317 g/mol. The van der Waals surface area contributed by atoms with Crippen LogP contribution in [0.4, 0.5) is 0 Å². The molecule has 0 aliphatic carbocycles. The molecule has 2 fully saturated rings. The smallest absolute Gasteiger partial charge is 0.211 e. The average molecular weight is 317 g/mol. The van der Waals surface area contributed by atoms with Gasteiger partial charge in [0.1, 0.15) is 0 Å². The molecule has 0 spiro atoms. The zero-order valence-electron chi connectivity index (χ0n) is 13.8. The first-order valence-electron chi connectivity index (χ1n) is 8.13. The summed E-state index contributed by atoms with van der Waals surface area (Å²) in [4.78, 5) is 2.40. The molecule has 2 aliphatic rings. The summed E-state index contributed by atoms with van der Waals surface area (Å²) in [6.07, 6.45) is 5.94. The standard InChI is InChI=1S/C15H31N3O2S/c1-15(6-9-17(2)10-7-15)13-16-11-14-5-4-8-18(12-14)21(3,19)20/h14,16H,4-13H2,1-3H3. The van der Waals surface area contributed by atoms with Crippen molar-refractivity contribution in [2.75, 3.05) is 52.6 Å². The molecule has 0 aromatic rings. The number of hydrogen-bond donors (Lipinski definition) is 1. The van der Waals surface area contributed by atoms with Crippen molar-refractivity contribution in [3.8, 4) is 0 Å². The third-order valence-corrected chi connectivity index (χ3v) is 6.40. The van der Waals surface area contributed by atoms with Crippen LogP contribution in [0.15, 0.2) is 0 Å². The summed E-state index contributed by atoms with van der Waals surface area (Å²) in [5.74, 6) is 0.461. The van der Waals surface area contributed by atoms with Gasteiger partial charge in [-0.25, -0.2) is 12.7 Å². The van der Waals surface area contributed by atoms with Crippen molar-refractivity contribution in [3.63, 3.8) is 0 Å². The van der Waals surface area contributed by atoms with Gasteiger partial charge in [-0.3, -0.25) is 0 Å². The highest BCUT2D eigenvalue weighted by Crippen LogP contribution is 2.29. The quantitative estimate of drug-likeness (QED) is 0.821. The lowest BCUT2D eigenvalue weighted by atomic mass is 9.80. The Balaban J connectivity index is 1.73. The molecule has 1 N–H and O–H groups in total. The van der Waals surface area contributed by atoms with E-state index < -0.39 is 10.0 Å². The predicted octanol–water partition coefficient (Wildman–Crippen LogP) is 0.980. The van der Waals surface area contributed by atoms with E-state index in [0.29, 0.717) is 24.4 Å². The molecule has 6 heteroatoms. The first-order chi connectivity index (χ1) is 9.78. The normalized spacial score (nSPS) is 28.6. The van der Waals surface area contributed by atoms with Crippen LogP contribution in [0.3, 0.4) is 0 Å². The molecule has 0 aromatic heterocycles. The van der Waals surface area contributed by atoms with E-state index >= 15 is 0 Å². The summed E-state index contributed by atoms with van der Waals surface area (Å²) in [7, 11) is -0.833. The summed E-state index contributed by atoms with van der Waals surface area (Å²) in [6.45, 7) is 8.11. The van der Waals surface area contributed by atoms with Gasteiger partial charge >= 0.3 is 0 Å². The second-order valence-electron chi connectivity index (χ2n) is 7.37. The highest BCUT2D eigenvalue weighted by atomic mass is 32.2. The molecule has 0 aromatic carbocycles. The summed E-state index contributed by atoms with van der Waals surface area (Å²) in [5.41, 5.74) is 0.400. The fraction of sp³-hybridized carbons (Fsp3) is 1.00. The molecule has 0 amide bonds. The van der Waals surface area contributed by atoms with Crippen molar-refractivity contribution < 1.29 is 8.42 Å². The Kier molecular flexibility index (Phi) is 5.68. The van der Waals surface area contributed by atoms with Gasteiger partial charge in [-0.1, -0.05) is 6.92 Å². The van der Waals surface area contributed by atoms with Crippen molar-refractivity contribution in [2.24, 2.45) is 11.3 Å². The minimum Gasteiger partial charge on any atom is -0.316 e. The maximum absolute atomic E-state index is 11.6. The molecule has 0 bridgehead atoms. The lowest BCUT2D eigenvalue weighted by Gasteiger charge is -2.39. The van der Waals surface area contributed by atoms with Gasteiger partial charge in [0.15, 0.2) is 0 Å². The molecule has 2 heterocycles. The largest absolute Gasteiger partial charge is 0.316 e. The van der Waals surface area contributed by atoms with Gasteiger partial charge in [-0.2, -0.15) is 0 Å². The number of likely N-dealkylation sites (tertiary alicyclic amines) is 1. The van der Waals surface area contributed by atoms with Gasteiger partial charge in [0, 0.05) is 19.6 Å². The van der Waals surface area contributed by atoms with Crippen molar-refractivity contribution in [3.05, 3.63) is 0 Å². The molecule has 124 valence electrons. The van der Waals surface area contributed by atoms with Gasteiger partial charge in [-0.05, 0) is 63.7 Å². The topological polar surface area (TPSA) is 52.6 Å².